The predicted molar refractivity (Wildman–Crippen MR) is 51.5 cm³/mol. The van der Waals surface area contributed by atoms with E-state index in [4.69, 9.17) is 5.73 Å². The van der Waals surface area contributed by atoms with E-state index < -0.39 is 0 Å². The minimum atomic E-state index is 0.428. The zero-order valence-corrected chi connectivity index (χ0v) is 8.16. The van der Waals surface area contributed by atoms with Crippen LogP contribution in [0.25, 0.3) is 0 Å². The zero-order chi connectivity index (χ0) is 8.60. The molecule has 0 unspecified atom stereocenters. The van der Waals surface area contributed by atoms with Crippen LogP contribution in [-0.4, -0.2) is 11.5 Å². The van der Waals surface area contributed by atoms with Gasteiger partial charge in [-0.2, -0.15) is 0 Å². The molecule has 1 aliphatic carbocycles. The molecule has 0 spiro atoms. The molecular formula is C9H14N2S. The molecule has 0 amide bonds. The van der Waals surface area contributed by atoms with Crippen molar-refractivity contribution in [2.75, 3.05) is 6.54 Å². The quantitative estimate of drug-likeness (QED) is 0.772. The minimum Gasteiger partial charge on any atom is -0.330 e. The number of thiazole rings is 1. The number of nitrogens with two attached hydrogens (primary N) is 1. The summed E-state index contributed by atoms with van der Waals surface area (Å²) >= 11 is 1.79. The van der Waals surface area contributed by atoms with Gasteiger partial charge in [-0.25, -0.2) is 4.98 Å². The summed E-state index contributed by atoms with van der Waals surface area (Å²) in [5.74, 6) is 0. The molecule has 0 saturated heterocycles. The Morgan fingerprint density at radius 3 is 3.00 bits per heavy atom. The van der Waals surface area contributed by atoms with Crippen molar-refractivity contribution in [3.05, 3.63) is 16.1 Å². The fourth-order valence-electron chi connectivity index (χ4n) is 1.25. The first-order valence-corrected chi connectivity index (χ1v) is 5.27. The van der Waals surface area contributed by atoms with Crippen molar-refractivity contribution in [3.63, 3.8) is 0 Å². The Bertz CT molecular complexity index is 276. The first kappa shape index (κ1) is 8.20. The van der Waals surface area contributed by atoms with Gasteiger partial charge in [-0.05, 0) is 19.4 Å². The normalized spacial score (nSPS) is 19.5. The molecule has 1 aromatic heterocycles. The number of hydrogen-bond acceptors (Lipinski definition) is 3. The van der Waals surface area contributed by atoms with Crippen molar-refractivity contribution in [1.29, 1.82) is 0 Å². The van der Waals surface area contributed by atoms with Gasteiger partial charge in [-0.15, -0.1) is 11.3 Å². The molecular weight excluding hydrogens is 168 g/mol. The summed E-state index contributed by atoms with van der Waals surface area (Å²) in [7, 11) is 0. The van der Waals surface area contributed by atoms with E-state index in [-0.39, 0.29) is 0 Å². The first-order chi connectivity index (χ1) is 5.74. The van der Waals surface area contributed by atoms with Gasteiger partial charge in [-0.1, -0.05) is 6.92 Å². The Labute approximate surface area is 76.8 Å². The van der Waals surface area contributed by atoms with Crippen LogP contribution in [0.1, 0.15) is 30.5 Å². The lowest BCUT2D eigenvalue weighted by molar-refractivity contribution is 0.766. The van der Waals surface area contributed by atoms with Crippen LogP contribution in [0.5, 0.6) is 0 Å². The van der Waals surface area contributed by atoms with Crippen molar-refractivity contribution in [2.24, 2.45) is 5.73 Å². The summed E-state index contributed by atoms with van der Waals surface area (Å²) < 4.78 is 0. The summed E-state index contributed by atoms with van der Waals surface area (Å²) in [6.45, 7) is 3.00. The summed E-state index contributed by atoms with van der Waals surface area (Å²) in [5.41, 5.74) is 7.06. The Morgan fingerprint density at radius 1 is 1.67 bits per heavy atom. The standard InChI is InChI=1S/C9H14N2S/c1-9(3-4-9)8-11-7(2-5-10)6-12-8/h6H,2-5,10H2,1H3. The molecule has 1 heterocycles. The highest BCUT2D eigenvalue weighted by Gasteiger charge is 2.41. The van der Waals surface area contributed by atoms with Gasteiger partial charge in [0.05, 0.1) is 10.7 Å². The second-order valence-electron chi connectivity index (χ2n) is 3.74. The van der Waals surface area contributed by atoms with Gasteiger partial charge in [0.2, 0.25) is 0 Å². The number of aromatic nitrogens is 1. The maximum absolute atomic E-state index is 5.46. The fraction of sp³-hybridized carbons (Fsp3) is 0.667. The van der Waals surface area contributed by atoms with Crippen molar-refractivity contribution < 1.29 is 0 Å². The summed E-state index contributed by atoms with van der Waals surface area (Å²) in [5, 5.41) is 3.46. The molecule has 2 nitrogen and oxygen atoms in total. The van der Waals surface area contributed by atoms with E-state index in [1.165, 1.54) is 23.5 Å². The van der Waals surface area contributed by atoms with Gasteiger partial charge in [0, 0.05) is 17.2 Å². The van der Waals surface area contributed by atoms with Crippen LogP contribution in [-0.2, 0) is 11.8 Å². The Morgan fingerprint density at radius 2 is 2.42 bits per heavy atom. The highest BCUT2D eigenvalue weighted by molar-refractivity contribution is 7.09. The van der Waals surface area contributed by atoms with Gasteiger partial charge < -0.3 is 5.73 Å². The highest BCUT2D eigenvalue weighted by Crippen LogP contribution is 2.48. The molecule has 0 radical (unpaired) electrons. The summed E-state index contributed by atoms with van der Waals surface area (Å²) in [4.78, 5) is 4.57. The van der Waals surface area contributed by atoms with Crippen LogP contribution < -0.4 is 5.73 Å². The molecule has 0 bridgehead atoms. The second kappa shape index (κ2) is 2.82. The molecule has 66 valence electrons. The molecule has 2 N–H and O–H groups in total. The number of hydrogen-bond donors (Lipinski definition) is 1. The van der Waals surface area contributed by atoms with Gasteiger partial charge in [0.15, 0.2) is 0 Å². The van der Waals surface area contributed by atoms with Gasteiger partial charge in [-0.3, -0.25) is 0 Å². The molecule has 1 aliphatic rings. The Balaban J connectivity index is 2.13. The lowest BCUT2D eigenvalue weighted by atomic mass is 10.2. The van der Waals surface area contributed by atoms with E-state index >= 15 is 0 Å². The first-order valence-electron chi connectivity index (χ1n) is 4.39. The van der Waals surface area contributed by atoms with Gasteiger partial charge >= 0.3 is 0 Å². The van der Waals surface area contributed by atoms with Crippen molar-refractivity contribution in [1.82, 2.24) is 4.98 Å². The third-order valence-corrected chi connectivity index (χ3v) is 3.67. The predicted octanol–water partition coefficient (Wildman–Crippen LogP) is 1.70. The topological polar surface area (TPSA) is 38.9 Å². The van der Waals surface area contributed by atoms with Crippen LogP contribution in [0.2, 0.25) is 0 Å². The number of nitrogens with zero attached hydrogens (tertiary/aromatic N) is 1. The lowest BCUT2D eigenvalue weighted by Gasteiger charge is -2.00. The van der Waals surface area contributed by atoms with Crippen LogP contribution in [0, 0.1) is 0 Å². The summed E-state index contributed by atoms with van der Waals surface area (Å²) in [6, 6.07) is 0. The van der Waals surface area contributed by atoms with Crippen LogP contribution in [0.15, 0.2) is 5.38 Å². The fourth-order valence-corrected chi connectivity index (χ4v) is 2.33. The molecule has 1 aromatic rings. The maximum atomic E-state index is 5.46. The molecule has 2 rings (SSSR count). The average Bonchev–Trinajstić information content (AvgIpc) is 2.64. The van der Waals surface area contributed by atoms with Crippen LogP contribution >= 0.6 is 11.3 Å². The molecule has 12 heavy (non-hydrogen) atoms. The van der Waals surface area contributed by atoms with Gasteiger partial charge in [0.1, 0.15) is 0 Å². The van der Waals surface area contributed by atoms with E-state index in [1.54, 1.807) is 11.3 Å². The smallest absolute Gasteiger partial charge is 0.0987 e. The molecule has 1 fully saturated rings. The Kier molecular flexibility index (Phi) is 1.93. The number of rotatable bonds is 3. The average molecular weight is 182 g/mol. The highest BCUT2D eigenvalue weighted by atomic mass is 32.1. The van der Waals surface area contributed by atoms with E-state index in [1.807, 2.05) is 0 Å². The SMILES string of the molecule is CC1(c2nc(CCN)cs2)CC1. The monoisotopic (exact) mass is 182 g/mol. The van der Waals surface area contributed by atoms with E-state index in [2.05, 4.69) is 17.3 Å². The molecule has 3 heteroatoms. The summed E-state index contributed by atoms with van der Waals surface area (Å²) in [6.07, 6.45) is 3.54. The third-order valence-electron chi connectivity index (χ3n) is 2.47. The molecule has 1 saturated carbocycles. The van der Waals surface area contributed by atoms with Crippen LogP contribution in [0.4, 0.5) is 0 Å². The Hall–Kier alpha value is -0.410. The minimum absolute atomic E-state index is 0.428. The third kappa shape index (κ3) is 1.39. The van der Waals surface area contributed by atoms with E-state index in [9.17, 15) is 0 Å². The van der Waals surface area contributed by atoms with Crippen molar-refractivity contribution in [3.8, 4) is 0 Å². The lowest BCUT2D eigenvalue weighted by Crippen LogP contribution is -2.04. The van der Waals surface area contributed by atoms with Crippen molar-refractivity contribution >= 4 is 11.3 Å². The largest absolute Gasteiger partial charge is 0.330 e. The van der Waals surface area contributed by atoms with Gasteiger partial charge in [0.25, 0.3) is 0 Å². The molecule has 0 aliphatic heterocycles. The van der Waals surface area contributed by atoms with E-state index in [0.29, 0.717) is 12.0 Å². The van der Waals surface area contributed by atoms with Crippen molar-refractivity contribution in [2.45, 2.75) is 31.6 Å². The molecule has 0 atom stereocenters. The molecule has 0 aromatic carbocycles. The second-order valence-corrected chi connectivity index (χ2v) is 4.60. The van der Waals surface area contributed by atoms with Crippen LogP contribution in [0.3, 0.4) is 0 Å². The zero-order valence-electron chi connectivity index (χ0n) is 7.34. The van der Waals surface area contributed by atoms with E-state index in [0.717, 1.165) is 6.42 Å². The maximum Gasteiger partial charge on any atom is 0.0987 e.